The lowest BCUT2D eigenvalue weighted by Gasteiger charge is -2.56. The summed E-state index contributed by atoms with van der Waals surface area (Å²) in [4.78, 5) is 13.6. The molecule has 0 amide bonds. The van der Waals surface area contributed by atoms with Crippen LogP contribution in [0.25, 0.3) is 5.69 Å². The minimum absolute atomic E-state index is 0.241. The first kappa shape index (κ1) is 16.1. The summed E-state index contributed by atoms with van der Waals surface area (Å²) < 4.78 is 5.42. The van der Waals surface area contributed by atoms with Crippen LogP contribution in [0.15, 0.2) is 48.2 Å². The van der Waals surface area contributed by atoms with Crippen LogP contribution in [0.5, 0.6) is 0 Å². The summed E-state index contributed by atoms with van der Waals surface area (Å²) in [6, 6.07) is 9.51. The van der Waals surface area contributed by atoms with Crippen molar-refractivity contribution in [3.8, 4) is 5.69 Å². The van der Waals surface area contributed by atoms with E-state index in [2.05, 4.69) is 30.1 Å². The minimum Gasteiger partial charge on any atom is -0.461 e. The Morgan fingerprint density at radius 2 is 2.12 bits per heavy atom. The number of hydrogen-bond acceptors (Lipinski definition) is 4. The highest BCUT2D eigenvalue weighted by Gasteiger charge is 2.50. The van der Waals surface area contributed by atoms with E-state index in [9.17, 15) is 4.79 Å². The van der Waals surface area contributed by atoms with Gasteiger partial charge in [-0.3, -0.25) is 0 Å². The third-order valence-electron chi connectivity index (χ3n) is 5.89. The lowest BCUT2D eigenvalue weighted by atomic mass is 9.48. The maximum Gasteiger partial charge on any atom is 0.360 e. The summed E-state index contributed by atoms with van der Waals surface area (Å²) in [6.45, 7) is 5.11. The highest BCUT2D eigenvalue weighted by molar-refractivity contribution is 5.86. The van der Waals surface area contributed by atoms with Crippen LogP contribution in [0.2, 0.25) is 0 Å². The number of carbonyl (C=O) groups is 1. The Morgan fingerprint density at radius 1 is 1.32 bits per heavy atom. The second-order valence-electron chi connectivity index (χ2n) is 7.56. The summed E-state index contributed by atoms with van der Waals surface area (Å²) >= 11 is 0. The molecule has 3 aliphatic carbocycles. The van der Waals surface area contributed by atoms with E-state index in [1.165, 1.54) is 23.0 Å². The van der Waals surface area contributed by atoms with Gasteiger partial charge in [-0.2, -0.15) is 9.90 Å². The normalized spacial score (nSPS) is 23.5. The summed E-state index contributed by atoms with van der Waals surface area (Å²) in [5.41, 5.74) is 2.92. The Labute approximate surface area is 147 Å². The Bertz CT molecular complexity index is 807. The van der Waals surface area contributed by atoms with Gasteiger partial charge >= 0.3 is 5.97 Å². The number of rotatable bonds is 5. The van der Waals surface area contributed by atoms with Gasteiger partial charge in [-0.15, -0.1) is 5.10 Å². The van der Waals surface area contributed by atoms with Gasteiger partial charge in [-0.1, -0.05) is 43.7 Å². The fourth-order valence-corrected chi connectivity index (χ4v) is 4.14. The quantitative estimate of drug-likeness (QED) is 0.615. The second kappa shape index (κ2) is 6.14. The van der Waals surface area contributed by atoms with E-state index in [-0.39, 0.29) is 5.69 Å². The largest absolute Gasteiger partial charge is 0.461 e. The van der Waals surface area contributed by atoms with Crippen molar-refractivity contribution in [1.82, 2.24) is 15.0 Å². The number of benzene rings is 1. The molecule has 3 aliphatic rings. The van der Waals surface area contributed by atoms with Gasteiger partial charge < -0.3 is 4.74 Å². The van der Waals surface area contributed by atoms with E-state index in [4.69, 9.17) is 4.74 Å². The summed E-state index contributed by atoms with van der Waals surface area (Å²) in [6.07, 6.45) is 7.08. The van der Waals surface area contributed by atoms with Crippen molar-refractivity contribution < 1.29 is 9.53 Å². The molecule has 5 nitrogen and oxygen atoms in total. The zero-order valence-electron chi connectivity index (χ0n) is 14.7. The number of esters is 1. The predicted molar refractivity (Wildman–Crippen MR) is 94.3 cm³/mol. The Kier molecular flexibility index (Phi) is 3.94. The highest BCUT2D eigenvalue weighted by atomic mass is 16.5. The summed E-state index contributed by atoms with van der Waals surface area (Å²) in [7, 11) is 0. The van der Waals surface area contributed by atoms with Crippen molar-refractivity contribution in [2.75, 3.05) is 6.61 Å². The molecule has 5 rings (SSSR count). The first-order valence-corrected chi connectivity index (χ1v) is 8.89. The Hall–Kier alpha value is -2.43. The summed E-state index contributed by atoms with van der Waals surface area (Å²) in [5, 5.41) is 8.34. The second-order valence-corrected chi connectivity index (χ2v) is 7.56. The van der Waals surface area contributed by atoms with Crippen LogP contribution >= 0.6 is 0 Å². The number of allylic oxidation sites excluding steroid dienone is 1. The van der Waals surface area contributed by atoms with E-state index in [0.717, 1.165) is 24.4 Å². The van der Waals surface area contributed by atoms with Crippen LogP contribution in [0.1, 0.15) is 43.6 Å². The van der Waals surface area contributed by atoms with Crippen molar-refractivity contribution in [2.45, 2.75) is 33.1 Å². The predicted octanol–water partition coefficient (Wildman–Crippen LogP) is 3.81. The molecular formula is C20H23N3O2. The maximum atomic E-state index is 12.2. The zero-order chi connectivity index (χ0) is 17.4. The number of para-hydroxylation sites is 1. The van der Waals surface area contributed by atoms with Crippen LogP contribution < -0.4 is 0 Å². The molecule has 1 saturated carbocycles. The molecule has 1 aromatic heterocycles. The molecular weight excluding hydrogens is 314 g/mol. The van der Waals surface area contributed by atoms with E-state index in [1.807, 2.05) is 30.3 Å². The lowest BCUT2D eigenvalue weighted by Crippen LogP contribution is -2.48. The van der Waals surface area contributed by atoms with E-state index in [0.29, 0.717) is 17.9 Å². The monoisotopic (exact) mass is 337 g/mol. The zero-order valence-corrected chi connectivity index (χ0v) is 14.7. The van der Waals surface area contributed by atoms with Gasteiger partial charge in [-0.05, 0) is 42.2 Å². The van der Waals surface area contributed by atoms with Gasteiger partial charge in [0, 0.05) is 6.42 Å². The number of nitrogens with zero attached hydrogens (tertiary/aromatic N) is 3. The van der Waals surface area contributed by atoms with E-state index >= 15 is 0 Å². The van der Waals surface area contributed by atoms with Crippen LogP contribution in [0.3, 0.4) is 0 Å². The fourth-order valence-electron chi connectivity index (χ4n) is 4.14. The van der Waals surface area contributed by atoms with Crippen LogP contribution in [-0.2, 0) is 4.74 Å². The molecule has 0 saturated heterocycles. The smallest absolute Gasteiger partial charge is 0.360 e. The van der Waals surface area contributed by atoms with E-state index < -0.39 is 5.97 Å². The molecule has 0 spiro atoms. The minimum atomic E-state index is -0.413. The van der Waals surface area contributed by atoms with Crippen LogP contribution in [-0.4, -0.2) is 27.6 Å². The molecule has 0 radical (unpaired) electrons. The van der Waals surface area contributed by atoms with Crippen molar-refractivity contribution in [3.63, 3.8) is 0 Å². The molecule has 1 fully saturated rings. The SMILES string of the molecule is CC1(C)[C@H]2CC=C(CCOC(=O)c3cnn(-c4ccccc4)n3)[C@@H]1C2. The van der Waals surface area contributed by atoms with Crippen molar-refractivity contribution in [1.29, 1.82) is 0 Å². The highest BCUT2D eigenvalue weighted by Crippen LogP contribution is 2.59. The average molecular weight is 337 g/mol. The van der Waals surface area contributed by atoms with Crippen LogP contribution in [0, 0.1) is 17.3 Å². The molecule has 2 bridgehead atoms. The van der Waals surface area contributed by atoms with Crippen molar-refractivity contribution in [2.24, 2.45) is 17.3 Å². The third-order valence-corrected chi connectivity index (χ3v) is 5.89. The van der Waals surface area contributed by atoms with Gasteiger partial charge in [0.2, 0.25) is 0 Å². The average Bonchev–Trinajstić information content (AvgIpc) is 3.12. The third kappa shape index (κ3) is 2.88. The number of ether oxygens (including phenoxy) is 1. The number of aromatic nitrogens is 3. The Balaban J connectivity index is 1.33. The van der Waals surface area contributed by atoms with Gasteiger partial charge in [0.1, 0.15) is 0 Å². The first-order valence-electron chi connectivity index (χ1n) is 8.89. The van der Waals surface area contributed by atoms with Crippen molar-refractivity contribution in [3.05, 3.63) is 53.9 Å². The molecule has 2 aromatic rings. The number of hydrogen-bond donors (Lipinski definition) is 0. The lowest BCUT2D eigenvalue weighted by molar-refractivity contribution is -0.0103. The topological polar surface area (TPSA) is 57.0 Å². The molecule has 25 heavy (non-hydrogen) atoms. The Morgan fingerprint density at radius 3 is 2.84 bits per heavy atom. The van der Waals surface area contributed by atoms with Gasteiger partial charge in [0.25, 0.3) is 0 Å². The molecule has 2 atom stereocenters. The number of fused-ring (bicyclic) bond motifs is 1. The van der Waals surface area contributed by atoms with Gasteiger partial charge in [-0.25, -0.2) is 4.79 Å². The fraction of sp³-hybridized carbons (Fsp3) is 0.450. The molecule has 130 valence electrons. The molecule has 0 unspecified atom stereocenters. The molecule has 1 aromatic carbocycles. The van der Waals surface area contributed by atoms with Crippen molar-refractivity contribution >= 4 is 5.97 Å². The van der Waals surface area contributed by atoms with E-state index in [1.54, 1.807) is 0 Å². The molecule has 0 aliphatic heterocycles. The summed E-state index contributed by atoms with van der Waals surface area (Å²) in [5.74, 6) is 1.07. The number of carbonyl (C=O) groups excluding carboxylic acids is 1. The maximum absolute atomic E-state index is 12.2. The molecule has 1 heterocycles. The van der Waals surface area contributed by atoms with Crippen LogP contribution in [0.4, 0.5) is 0 Å². The van der Waals surface area contributed by atoms with Gasteiger partial charge in [0.15, 0.2) is 5.69 Å². The molecule has 5 heteroatoms. The standard InChI is InChI=1S/C20H23N3O2/c1-20(2)15-9-8-14(17(20)12-15)10-11-25-19(24)18-13-21-23(22-18)16-6-4-3-5-7-16/h3-8,13,15,17H,9-12H2,1-2H3/t15-,17-/m0/s1. The first-order chi connectivity index (χ1) is 12.1. The van der Waals surface area contributed by atoms with Gasteiger partial charge in [0.05, 0.1) is 18.5 Å². The molecule has 0 N–H and O–H groups in total.